The van der Waals surface area contributed by atoms with E-state index >= 15 is 0 Å². The Kier molecular flexibility index (Phi) is 17.6. The Bertz CT molecular complexity index is 307. The standard InChI is InChI=1S/C19H35Cl3O3/c1-2-3-4-5-6-7-8-9-10-11-12-13-14-15-16-24-18(23)25-17-19(20,21)22/h2-17H2,1H3. The first-order chi connectivity index (χ1) is 12.0. The molecular formula is C19H35Cl3O3. The molecular weight excluding hydrogens is 383 g/mol. The first kappa shape index (κ1) is 25.1. The molecule has 0 aliphatic carbocycles. The number of carbonyl (C=O) groups is 1. The molecule has 0 aromatic carbocycles. The molecule has 0 amide bonds. The van der Waals surface area contributed by atoms with Crippen molar-refractivity contribution in [3.63, 3.8) is 0 Å². The van der Waals surface area contributed by atoms with Crippen LogP contribution in [0.15, 0.2) is 0 Å². The summed E-state index contributed by atoms with van der Waals surface area (Å²) < 4.78 is 7.99. The lowest BCUT2D eigenvalue weighted by Crippen LogP contribution is -2.18. The van der Waals surface area contributed by atoms with E-state index in [9.17, 15) is 4.79 Å². The molecule has 0 aliphatic rings. The minimum Gasteiger partial charge on any atom is -0.434 e. The minimum atomic E-state index is -1.59. The van der Waals surface area contributed by atoms with Crippen LogP contribution in [-0.2, 0) is 9.47 Å². The van der Waals surface area contributed by atoms with Crippen molar-refractivity contribution in [1.29, 1.82) is 0 Å². The second-order valence-electron chi connectivity index (χ2n) is 6.60. The predicted molar refractivity (Wildman–Crippen MR) is 108 cm³/mol. The molecule has 0 bridgehead atoms. The molecule has 0 rings (SSSR count). The van der Waals surface area contributed by atoms with Crippen LogP contribution in [0.3, 0.4) is 0 Å². The van der Waals surface area contributed by atoms with Gasteiger partial charge >= 0.3 is 6.16 Å². The van der Waals surface area contributed by atoms with E-state index in [1.807, 2.05) is 0 Å². The highest BCUT2D eigenvalue weighted by molar-refractivity contribution is 6.67. The van der Waals surface area contributed by atoms with Gasteiger partial charge in [-0.25, -0.2) is 4.79 Å². The molecule has 150 valence electrons. The third-order valence-corrected chi connectivity index (χ3v) is 4.40. The van der Waals surface area contributed by atoms with Gasteiger partial charge in [0.05, 0.1) is 6.61 Å². The van der Waals surface area contributed by atoms with E-state index in [1.54, 1.807) is 0 Å². The molecule has 0 aromatic rings. The van der Waals surface area contributed by atoms with Gasteiger partial charge in [-0.15, -0.1) is 0 Å². The van der Waals surface area contributed by atoms with Crippen LogP contribution in [0, 0.1) is 0 Å². The van der Waals surface area contributed by atoms with Crippen LogP contribution in [0.1, 0.15) is 96.8 Å². The molecule has 6 heteroatoms. The molecule has 0 fully saturated rings. The molecule has 0 radical (unpaired) electrons. The summed E-state index contributed by atoms with van der Waals surface area (Å²) in [7, 11) is 0. The second-order valence-corrected chi connectivity index (χ2v) is 9.11. The van der Waals surface area contributed by atoms with Gasteiger partial charge in [-0.3, -0.25) is 0 Å². The highest BCUT2D eigenvalue weighted by Crippen LogP contribution is 2.26. The zero-order valence-electron chi connectivity index (χ0n) is 15.7. The van der Waals surface area contributed by atoms with Gasteiger partial charge in [0.25, 0.3) is 0 Å². The van der Waals surface area contributed by atoms with Gasteiger partial charge < -0.3 is 9.47 Å². The highest BCUT2D eigenvalue weighted by atomic mass is 35.6. The lowest BCUT2D eigenvalue weighted by atomic mass is 10.0. The summed E-state index contributed by atoms with van der Waals surface area (Å²) in [6, 6.07) is 0. The zero-order valence-corrected chi connectivity index (χ0v) is 17.9. The number of unbranched alkanes of at least 4 members (excludes halogenated alkanes) is 13. The lowest BCUT2D eigenvalue weighted by Gasteiger charge is -2.11. The summed E-state index contributed by atoms with van der Waals surface area (Å²) >= 11 is 16.4. The fraction of sp³-hybridized carbons (Fsp3) is 0.947. The Morgan fingerprint density at radius 2 is 1.08 bits per heavy atom. The van der Waals surface area contributed by atoms with Crippen molar-refractivity contribution in [3.8, 4) is 0 Å². The largest absolute Gasteiger partial charge is 0.508 e. The summed E-state index contributed by atoms with van der Waals surface area (Å²) in [5.41, 5.74) is 0. The van der Waals surface area contributed by atoms with Crippen molar-refractivity contribution in [2.75, 3.05) is 13.2 Å². The van der Waals surface area contributed by atoms with Crippen LogP contribution >= 0.6 is 34.8 Å². The van der Waals surface area contributed by atoms with Crippen molar-refractivity contribution in [1.82, 2.24) is 0 Å². The van der Waals surface area contributed by atoms with Crippen molar-refractivity contribution < 1.29 is 14.3 Å². The normalized spacial score (nSPS) is 11.5. The highest BCUT2D eigenvalue weighted by Gasteiger charge is 2.22. The summed E-state index contributed by atoms with van der Waals surface area (Å²) in [5.74, 6) is 0. The maximum absolute atomic E-state index is 11.2. The molecule has 0 spiro atoms. The third kappa shape index (κ3) is 22.1. The quantitative estimate of drug-likeness (QED) is 0.145. The Hall–Kier alpha value is 0.140. The Balaban J connectivity index is 3.15. The molecule has 0 aliphatic heterocycles. The van der Waals surface area contributed by atoms with Crippen molar-refractivity contribution in [3.05, 3.63) is 0 Å². The molecule has 0 atom stereocenters. The van der Waals surface area contributed by atoms with Crippen LogP contribution < -0.4 is 0 Å². The van der Waals surface area contributed by atoms with Gasteiger partial charge in [0.15, 0.2) is 0 Å². The third-order valence-electron chi connectivity index (χ3n) is 4.07. The molecule has 0 N–H and O–H groups in total. The number of ether oxygens (including phenoxy) is 2. The maximum Gasteiger partial charge on any atom is 0.508 e. The number of halogens is 3. The number of alkyl halides is 3. The molecule has 3 nitrogen and oxygen atoms in total. The van der Waals surface area contributed by atoms with Crippen LogP contribution in [-0.4, -0.2) is 23.2 Å². The summed E-state index contributed by atoms with van der Waals surface area (Å²) in [6.45, 7) is 2.32. The zero-order chi connectivity index (χ0) is 18.8. The average Bonchev–Trinajstić information content (AvgIpc) is 2.56. The monoisotopic (exact) mass is 416 g/mol. The molecule has 25 heavy (non-hydrogen) atoms. The maximum atomic E-state index is 11.2. The van der Waals surface area contributed by atoms with E-state index in [4.69, 9.17) is 39.5 Å². The van der Waals surface area contributed by atoms with E-state index in [0.29, 0.717) is 6.61 Å². The van der Waals surface area contributed by atoms with Gasteiger partial charge in [-0.05, 0) is 6.42 Å². The fourth-order valence-electron chi connectivity index (χ4n) is 2.63. The first-order valence-electron chi connectivity index (χ1n) is 9.82. The van der Waals surface area contributed by atoms with Crippen molar-refractivity contribution >= 4 is 41.0 Å². The van der Waals surface area contributed by atoms with Crippen LogP contribution in [0.2, 0.25) is 0 Å². The Morgan fingerprint density at radius 3 is 1.48 bits per heavy atom. The topological polar surface area (TPSA) is 35.5 Å². The first-order valence-corrected chi connectivity index (χ1v) is 11.0. The van der Waals surface area contributed by atoms with E-state index in [2.05, 4.69) is 11.7 Å². The van der Waals surface area contributed by atoms with Gasteiger partial charge in [0.2, 0.25) is 3.79 Å². The van der Waals surface area contributed by atoms with Crippen molar-refractivity contribution in [2.45, 2.75) is 101 Å². The lowest BCUT2D eigenvalue weighted by molar-refractivity contribution is 0.0554. The van der Waals surface area contributed by atoms with E-state index in [1.165, 1.54) is 77.0 Å². The summed E-state index contributed by atoms with van der Waals surface area (Å²) in [4.78, 5) is 11.2. The van der Waals surface area contributed by atoms with E-state index in [0.717, 1.165) is 12.8 Å². The summed E-state index contributed by atoms with van der Waals surface area (Å²) in [6.07, 6.45) is 17.3. The average molecular weight is 418 g/mol. The van der Waals surface area contributed by atoms with E-state index in [-0.39, 0.29) is 6.61 Å². The van der Waals surface area contributed by atoms with Gasteiger partial charge in [0, 0.05) is 0 Å². The van der Waals surface area contributed by atoms with E-state index < -0.39 is 9.95 Å². The molecule has 0 aromatic heterocycles. The fourth-order valence-corrected chi connectivity index (χ4v) is 2.80. The molecule has 0 unspecified atom stereocenters. The SMILES string of the molecule is CCCCCCCCCCCCCCCCOC(=O)OCC(Cl)(Cl)Cl. The smallest absolute Gasteiger partial charge is 0.434 e. The summed E-state index contributed by atoms with van der Waals surface area (Å²) in [5, 5.41) is 0. The van der Waals surface area contributed by atoms with Crippen molar-refractivity contribution in [2.24, 2.45) is 0 Å². The Morgan fingerprint density at radius 1 is 0.680 bits per heavy atom. The second kappa shape index (κ2) is 17.5. The number of rotatable bonds is 16. The van der Waals surface area contributed by atoms with Gasteiger partial charge in [-0.2, -0.15) is 0 Å². The van der Waals surface area contributed by atoms with Gasteiger partial charge in [-0.1, -0.05) is 125 Å². The number of hydrogen-bond acceptors (Lipinski definition) is 3. The van der Waals surface area contributed by atoms with Crippen LogP contribution in [0.25, 0.3) is 0 Å². The molecule has 0 heterocycles. The molecule has 0 saturated heterocycles. The number of hydrogen-bond donors (Lipinski definition) is 0. The predicted octanol–water partition coefficient (Wildman–Crippen LogP) is 7.99. The molecule has 0 saturated carbocycles. The minimum absolute atomic E-state index is 0.296. The van der Waals surface area contributed by atoms with Crippen LogP contribution in [0.5, 0.6) is 0 Å². The van der Waals surface area contributed by atoms with Crippen LogP contribution in [0.4, 0.5) is 4.79 Å². The number of carbonyl (C=O) groups excluding carboxylic acids is 1. The Labute approximate surface area is 169 Å². The van der Waals surface area contributed by atoms with Gasteiger partial charge in [0.1, 0.15) is 6.61 Å².